The lowest BCUT2D eigenvalue weighted by Crippen LogP contribution is -1.99. The van der Waals surface area contributed by atoms with Gasteiger partial charge in [0.25, 0.3) is 0 Å². The van der Waals surface area contributed by atoms with Crippen LogP contribution in [0, 0.1) is 13.8 Å². The molecule has 0 aliphatic heterocycles. The lowest BCUT2D eigenvalue weighted by Gasteiger charge is -2.09. The summed E-state index contributed by atoms with van der Waals surface area (Å²) in [6, 6.07) is 23.6. The molecule has 0 atom stereocenters. The van der Waals surface area contributed by atoms with Crippen molar-refractivity contribution in [1.82, 2.24) is 9.55 Å². The Hall–Kier alpha value is -2.87. The summed E-state index contributed by atoms with van der Waals surface area (Å²) in [5, 5.41) is 0. The maximum Gasteiger partial charge on any atom is 0.0961 e. The van der Waals surface area contributed by atoms with E-state index in [0.29, 0.717) is 0 Å². The zero-order valence-electron chi connectivity index (χ0n) is 14.0. The molecule has 0 radical (unpaired) electrons. The largest absolute Gasteiger partial charge is 0.326 e. The Balaban J connectivity index is 1.65. The molecule has 1 heterocycles. The van der Waals surface area contributed by atoms with Gasteiger partial charge < -0.3 is 4.57 Å². The van der Waals surface area contributed by atoms with E-state index in [-0.39, 0.29) is 0 Å². The molecule has 4 rings (SSSR count). The minimum Gasteiger partial charge on any atom is -0.326 e. The number of imidazole rings is 1. The summed E-state index contributed by atoms with van der Waals surface area (Å²) in [7, 11) is 0. The Kier molecular flexibility index (Phi) is 3.66. The summed E-state index contributed by atoms with van der Waals surface area (Å²) in [6.45, 7) is 5.14. The number of nitrogens with zero attached hydrogens (tertiary/aromatic N) is 2. The summed E-state index contributed by atoms with van der Waals surface area (Å²) in [6.07, 6.45) is 1.94. The molecule has 0 amide bonds. The van der Waals surface area contributed by atoms with Crippen molar-refractivity contribution < 1.29 is 0 Å². The molecule has 3 aromatic carbocycles. The fourth-order valence-electron chi connectivity index (χ4n) is 3.31. The van der Waals surface area contributed by atoms with Crippen molar-refractivity contribution >= 4 is 11.0 Å². The molecule has 0 bridgehead atoms. The molecule has 1 aromatic heterocycles. The van der Waals surface area contributed by atoms with Gasteiger partial charge in [-0.05, 0) is 47.7 Å². The molecule has 2 heteroatoms. The molecule has 2 nitrogen and oxygen atoms in total. The third-order valence-electron chi connectivity index (χ3n) is 4.60. The van der Waals surface area contributed by atoms with Crippen LogP contribution in [0.3, 0.4) is 0 Å². The van der Waals surface area contributed by atoms with Crippen molar-refractivity contribution in [2.24, 2.45) is 0 Å². The van der Waals surface area contributed by atoms with Gasteiger partial charge in [0.2, 0.25) is 0 Å². The predicted octanol–water partition coefficient (Wildman–Crippen LogP) is 5.37. The van der Waals surface area contributed by atoms with Gasteiger partial charge in [0.15, 0.2) is 0 Å². The van der Waals surface area contributed by atoms with Crippen LogP contribution in [-0.2, 0) is 6.54 Å². The van der Waals surface area contributed by atoms with Crippen LogP contribution in [0.25, 0.3) is 22.2 Å². The normalized spacial score (nSPS) is 11.1. The van der Waals surface area contributed by atoms with E-state index < -0.39 is 0 Å². The van der Waals surface area contributed by atoms with Crippen molar-refractivity contribution in [3.05, 3.63) is 89.7 Å². The van der Waals surface area contributed by atoms with E-state index in [1.54, 1.807) is 0 Å². The number of rotatable bonds is 3. The zero-order chi connectivity index (χ0) is 16.5. The molecule has 0 N–H and O–H groups in total. The van der Waals surface area contributed by atoms with Gasteiger partial charge in [-0.25, -0.2) is 4.98 Å². The number of aromatic nitrogens is 2. The SMILES string of the molecule is Cc1ccccc1-c1ccc(Cn2cnc3cccc(C)c32)cc1. The van der Waals surface area contributed by atoms with E-state index >= 15 is 0 Å². The van der Waals surface area contributed by atoms with Gasteiger partial charge in [0, 0.05) is 6.54 Å². The van der Waals surface area contributed by atoms with Crippen LogP contribution in [0.15, 0.2) is 73.1 Å². The van der Waals surface area contributed by atoms with E-state index in [1.807, 2.05) is 6.33 Å². The highest BCUT2D eigenvalue weighted by molar-refractivity contribution is 5.78. The van der Waals surface area contributed by atoms with Crippen LogP contribution in [-0.4, -0.2) is 9.55 Å². The first kappa shape index (κ1) is 14.7. The number of para-hydroxylation sites is 1. The van der Waals surface area contributed by atoms with Gasteiger partial charge in [-0.15, -0.1) is 0 Å². The third-order valence-corrected chi connectivity index (χ3v) is 4.60. The average molecular weight is 312 g/mol. The highest BCUT2D eigenvalue weighted by atomic mass is 15.0. The summed E-state index contributed by atoms with van der Waals surface area (Å²) in [5.41, 5.74) is 8.71. The van der Waals surface area contributed by atoms with Crippen molar-refractivity contribution in [3.63, 3.8) is 0 Å². The number of benzene rings is 3. The Morgan fingerprint density at radius 3 is 2.33 bits per heavy atom. The average Bonchev–Trinajstić information content (AvgIpc) is 3.01. The van der Waals surface area contributed by atoms with Gasteiger partial charge in [0.05, 0.1) is 17.4 Å². The molecule has 0 aliphatic rings. The minimum absolute atomic E-state index is 0.843. The molecule has 0 saturated heterocycles. The number of aryl methyl sites for hydroxylation is 2. The first-order valence-corrected chi connectivity index (χ1v) is 8.28. The highest BCUT2D eigenvalue weighted by Gasteiger charge is 2.06. The lowest BCUT2D eigenvalue weighted by molar-refractivity contribution is 0.822. The van der Waals surface area contributed by atoms with Gasteiger partial charge in [0.1, 0.15) is 0 Å². The zero-order valence-corrected chi connectivity index (χ0v) is 14.0. The van der Waals surface area contributed by atoms with Crippen LogP contribution >= 0.6 is 0 Å². The first-order valence-electron chi connectivity index (χ1n) is 8.28. The van der Waals surface area contributed by atoms with Gasteiger partial charge >= 0.3 is 0 Å². The van der Waals surface area contributed by atoms with Crippen LogP contribution in [0.5, 0.6) is 0 Å². The smallest absolute Gasteiger partial charge is 0.0961 e. The van der Waals surface area contributed by atoms with Crippen LogP contribution < -0.4 is 0 Å². The number of fused-ring (bicyclic) bond motifs is 1. The Labute approximate surface area is 142 Å². The third kappa shape index (κ3) is 2.61. The van der Waals surface area contributed by atoms with Crippen LogP contribution in [0.1, 0.15) is 16.7 Å². The topological polar surface area (TPSA) is 17.8 Å². The van der Waals surface area contributed by atoms with E-state index in [0.717, 1.165) is 12.1 Å². The molecule has 24 heavy (non-hydrogen) atoms. The van der Waals surface area contributed by atoms with Crippen molar-refractivity contribution in [1.29, 1.82) is 0 Å². The lowest BCUT2D eigenvalue weighted by atomic mass is 9.99. The first-order chi connectivity index (χ1) is 11.7. The fourth-order valence-corrected chi connectivity index (χ4v) is 3.31. The van der Waals surface area contributed by atoms with Crippen LogP contribution in [0.4, 0.5) is 0 Å². The summed E-state index contributed by atoms with van der Waals surface area (Å²) in [5.74, 6) is 0. The second-order valence-corrected chi connectivity index (χ2v) is 6.33. The second kappa shape index (κ2) is 5.97. The van der Waals surface area contributed by atoms with Crippen molar-refractivity contribution in [2.45, 2.75) is 20.4 Å². The maximum atomic E-state index is 4.52. The molecular weight excluding hydrogens is 292 g/mol. The fraction of sp³-hybridized carbons (Fsp3) is 0.136. The Morgan fingerprint density at radius 2 is 1.54 bits per heavy atom. The van der Waals surface area contributed by atoms with Gasteiger partial charge in [-0.1, -0.05) is 60.7 Å². The Morgan fingerprint density at radius 1 is 0.792 bits per heavy atom. The van der Waals surface area contributed by atoms with E-state index in [1.165, 1.54) is 33.3 Å². The minimum atomic E-state index is 0.843. The number of hydrogen-bond donors (Lipinski definition) is 0. The number of hydrogen-bond acceptors (Lipinski definition) is 1. The second-order valence-electron chi connectivity index (χ2n) is 6.33. The molecule has 0 spiro atoms. The molecular formula is C22H20N2. The molecule has 4 aromatic rings. The predicted molar refractivity (Wildman–Crippen MR) is 100 cm³/mol. The standard InChI is InChI=1S/C22H20N2/c1-16-6-3-4-8-20(16)19-12-10-18(11-13-19)14-24-15-23-21-9-5-7-17(2)22(21)24/h3-13,15H,14H2,1-2H3. The molecule has 118 valence electrons. The quantitative estimate of drug-likeness (QED) is 0.497. The van der Waals surface area contributed by atoms with Gasteiger partial charge in [-0.2, -0.15) is 0 Å². The van der Waals surface area contributed by atoms with Crippen molar-refractivity contribution in [2.75, 3.05) is 0 Å². The van der Waals surface area contributed by atoms with Crippen molar-refractivity contribution in [3.8, 4) is 11.1 Å². The van der Waals surface area contributed by atoms with E-state index in [2.05, 4.69) is 90.1 Å². The summed E-state index contributed by atoms with van der Waals surface area (Å²) in [4.78, 5) is 4.52. The Bertz CT molecular complexity index is 994. The molecule has 0 aliphatic carbocycles. The maximum absolute atomic E-state index is 4.52. The van der Waals surface area contributed by atoms with E-state index in [4.69, 9.17) is 0 Å². The van der Waals surface area contributed by atoms with Gasteiger partial charge in [-0.3, -0.25) is 0 Å². The molecule has 0 fully saturated rings. The monoisotopic (exact) mass is 312 g/mol. The highest BCUT2D eigenvalue weighted by Crippen LogP contribution is 2.24. The van der Waals surface area contributed by atoms with E-state index in [9.17, 15) is 0 Å². The summed E-state index contributed by atoms with van der Waals surface area (Å²) >= 11 is 0. The van der Waals surface area contributed by atoms with Crippen LogP contribution in [0.2, 0.25) is 0 Å². The molecule has 0 saturated carbocycles. The summed E-state index contributed by atoms with van der Waals surface area (Å²) < 4.78 is 2.23. The molecule has 0 unspecified atom stereocenters.